The van der Waals surface area contributed by atoms with Gasteiger partial charge in [-0.05, 0) is 83.5 Å². The van der Waals surface area contributed by atoms with Crippen LogP contribution in [-0.2, 0) is 16.0 Å². The van der Waals surface area contributed by atoms with Gasteiger partial charge in [0.05, 0.1) is 26.7 Å². The number of methoxy groups -OCH3 is 2. The molecule has 0 amide bonds. The van der Waals surface area contributed by atoms with E-state index in [1.165, 1.54) is 12.7 Å². The molecule has 6 nitrogen and oxygen atoms in total. The molecule has 0 bridgehead atoms. The van der Waals surface area contributed by atoms with Crippen molar-refractivity contribution in [3.8, 4) is 23.0 Å². The van der Waals surface area contributed by atoms with Crippen molar-refractivity contribution in [2.45, 2.75) is 51.4 Å². The van der Waals surface area contributed by atoms with Gasteiger partial charge in [0.25, 0.3) is 0 Å². The molecule has 3 unspecified atom stereocenters. The molecule has 3 aromatic carbocycles. The van der Waals surface area contributed by atoms with Gasteiger partial charge in [0.15, 0.2) is 11.5 Å². The maximum Gasteiger partial charge on any atom is 0.310 e. The summed E-state index contributed by atoms with van der Waals surface area (Å²) in [5.41, 5.74) is 5.53. The Kier molecular flexibility index (Phi) is 7.77. The van der Waals surface area contributed by atoms with E-state index < -0.39 is 5.92 Å². The molecule has 3 atom stereocenters. The van der Waals surface area contributed by atoms with Crippen LogP contribution in [0.15, 0.2) is 54.6 Å². The van der Waals surface area contributed by atoms with Crippen molar-refractivity contribution < 1.29 is 28.5 Å². The van der Waals surface area contributed by atoms with Crippen molar-refractivity contribution in [3.05, 3.63) is 82.4 Å². The SMILES string of the molecule is CCCCc1cc(OC)ccc1C1c2cc(OCCC)ccc2C(c2ccc3c(c2)OCO3)C1C(=O)OC. The number of benzene rings is 3. The molecule has 0 fully saturated rings. The molecule has 0 radical (unpaired) electrons. The fourth-order valence-electron chi connectivity index (χ4n) is 5.85. The van der Waals surface area contributed by atoms with Gasteiger partial charge in [-0.3, -0.25) is 4.79 Å². The van der Waals surface area contributed by atoms with Crippen LogP contribution >= 0.6 is 0 Å². The third-order valence-electron chi connectivity index (χ3n) is 7.63. The average molecular weight is 517 g/mol. The molecule has 1 heterocycles. The Morgan fingerprint density at radius 1 is 0.842 bits per heavy atom. The Morgan fingerprint density at radius 3 is 2.39 bits per heavy atom. The molecule has 2 aliphatic rings. The van der Waals surface area contributed by atoms with E-state index in [0.29, 0.717) is 12.4 Å². The van der Waals surface area contributed by atoms with Crippen LogP contribution < -0.4 is 18.9 Å². The molecule has 38 heavy (non-hydrogen) atoms. The van der Waals surface area contributed by atoms with Gasteiger partial charge < -0.3 is 23.7 Å². The second-order valence-corrected chi connectivity index (χ2v) is 9.92. The zero-order chi connectivity index (χ0) is 26.6. The van der Waals surface area contributed by atoms with Crippen molar-refractivity contribution in [2.75, 3.05) is 27.6 Å². The Balaban J connectivity index is 1.70. The number of aryl methyl sites for hydroxylation is 1. The van der Waals surface area contributed by atoms with Crippen LogP contribution in [0.4, 0.5) is 0 Å². The highest BCUT2D eigenvalue weighted by molar-refractivity contribution is 5.80. The van der Waals surface area contributed by atoms with E-state index in [4.69, 9.17) is 23.7 Å². The van der Waals surface area contributed by atoms with E-state index in [2.05, 4.69) is 38.1 Å². The predicted molar refractivity (Wildman–Crippen MR) is 146 cm³/mol. The molecule has 0 spiro atoms. The monoisotopic (exact) mass is 516 g/mol. The standard InChI is InChI=1S/C32H36O6/c1-5-7-8-20-16-22(34-3)10-12-24(20)30-26-18-23(36-15-6-2)11-13-25(26)29(31(30)32(33)35-4)21-9-14-27-28(17-21)38-19-37-27/h9-14,16-18,29-31H,5-8,15,19H2,1-4H3. The van der Waals surface area contributed by atoms with Crippen LogP contribution in [-0.4, -0.2) is 33.6 Å². The highest BCUT2D eigenvalue weighted by atomic mass is 16.7. The summed E-state index contributed by atoms with van der Waals surface area (Å²) in [5.74, 6) is 1.96. The van der Waals surface area contributed by atoms with E-state index in [1.54, 1.807) is 7.11 Å². The topological polar surface area (TPSA) is 63.2 Å². The maximum absolute atomic E-state index is 13.7. The molecule has 3 aromatic rings. The number of hydrogen-bond donors (Lipinski definition) is 0. The fraction of sp³-hybridized carbons (Fsp3) is 0.406. The zero-order valence-electron chi connectivity index (χ0n) is 22.6. The maximum atomic E-state index is 13.7. The van der Waals surface area contributed by atoms with Crippen LogP contribution in [0.2, 0.25) is 0 Å². The minimum atomic E-state index is -0.453. The molecular weight excluding hydrogens is 480 g/mol. The first-order valence-electron chi connectivity index (χ1n) is 13.5. The summed E-state index contributed by atoms with van der Waals surface area (Å²) in [4.78, 5) is 13.7. The van der Waals surface area contributed by atoms with E-state index in [0.717, 1.165) is 65.2 Å². The number of fused-ring (bicyclic) bond motifs is 2. The first kappa shape index (κ1) is 26.0. The number of hydrogen-bond acceptors (Lipinski definition) is 6. The number of rotatable bonds is 10. The van der Waals surface area contributed by atoms with Crippen molar-refractivity contribution in [3.63, 3.8) is 0 Å². The van der Waals surface area contributed by atoms with Gasteiger partial charge in [-0.2, -0.15) is 0 Å². The van der Waals surface area contributed by atoms with Crippen LogP contribution in [0.25, 0.3) is 0 Å². The molecule has 6 heteroatoms. The van der Waals surface area contributed by atoms with Crippen LogP contribution in [0.3, 0.4) is 0 Å². The molecule has 0 saturated carbocycles. The number of carbonyl (C=O) groups is 1. The summed E-state index contributed by atoms with van der Waals surface area (Å²) in [6, 6.07) is 18.4. The third-order valence-corrected chi connectivity index (χ3v) is 7.63. The molecule has 1 aliphatic carbocycles. The van der Waals surface area contributed by atoms with E-state index in [9.17, 15) is 4.79 Å². The lowest BCUT2D eigenvalue weighted by Gasteiger charge is -2.26. The van der Waals surface area contributed by atoms with Crippen LogP contribution in [0.5, 0.6) is 23.0 Å². The molecule has 5 rings (SSSR count). The predicted octanol–water partition coefficient (Wildman–Crippen LogP) is 6.62. The normalized spacial score (nSPS) is 19.2. The molecule has 1 aliphatic heterocycles. The average Bonchev–Trinajstić information content (AvgIpc) is 3.56. The quantitative estimate of drug-likeness (QED) is 0.282. The highest BCUT2D eigenvalue weighted by Crippen LogP contribution is 2.55. The fourth-order valence-corrected chi connectivity index (χ4v) is 5.85. The minimum absolute atomic E-state index is 0.198. The Labute approximate surface area is 224 Å². The molecule has 0 aromatic heterocycles. The summed E-state index contributed by atoms with van der Waals surface area (Å²) >= 11 is 0. The molecule has 0 N–H and O–H groups in total. The Hall–Kier alpha value is -3.67. The second-order valence-electron chi connectivity index (χ2n) is 9.92. The number of unbranched alkanes of at least 4 members (excludes halogenated alkanes) is 1. The summed E-state index contributed by atoms with van der Waals surface area (Å²) < 4.78 is 28.4. The van der Waals surface area contributed by atoms with Gasteiger partial charge >= 0.3 is 5.97 Å². The van der Waals surface area contributed by atoms with Gasteiger partial charge in [0, 0.05) is 11.8 Å². The van der Waals surface area contributed by atoms with Gasteiger partial charge in [-0.1, -0.05) is 38.5 Å². The lowest BCUT2D eigenvalue weighted by Crippen LogP contribution is -2.26. The largest absolute Gasteiger partial charge is 0.497 e. The van der Waals surface area contributed by atoms with E-state index in [1.807, 2.05) is 30.3 Å². The van der Waals surface area contributed by atoms with Crippen LogP contribution in [0.1, 0.15) is 72.8 Å². The first-order chi connectivity index (χ1) is 18.6. The summed E-state index contributed by atoms with van der Waals surface area (Å²) in [6.45, 7) is 5.12. The number of esters is 1. The Morgan fingerprint density at radius 2 is 1.63 bits per heavy atom. The first-order valence-corrected chi connectivity index (χ1v) is 13.5. The van der Waals surface area contributed by atoms with Gasteiger partial charge in [0.1, 0.15) is 11.5 Å². The van der Waals surface area contributed by atoms with Gasteiger partial charge in [-0.15, -0.1) is 0 Å². The van der Waals surface area contributed by atoms with Crippen molar-refractivity contribution in [2.24, 2.45) is 5.92 Å². The third kappa shape index (κ3) is 4.80. The number of carbonyl (C=O) groups excluding carboxylic acids is 1. The van der Waals surface area contributed by atoms with E-state index >= 15 is 0 Å². The van der Waals surface area contributed by atoms with Crippen molar-refractivity contribution in [1.29, 1.82) is 0 Å². The lowest BCUT2D eigenvalue weighted by molar-refractivity contribution is -0.146. The zero-order valence-corrected chi connectivity index (χ0v) is 22.6. The van der Waals surface area contributed by atoms with Gasteiger partial charge in [0.2, 0.25) is 6.79 Å². The molecule has 200 valence electrons. The van der Waals surface area contributed by atoms with Gasteiger partial charge in [-0.25, -0.2) is 0 Å². The Bertz CT molecular complexity index is 1300. The van der Waals surface area contributed by atoms with Crippen LogP contribution in [0, 0.1) is 5.92 Å². The number of ether oxygens (including phenoxy) is 5. The summed E-state index contributed by atoms with van der Waals surface area (Å²) in [7, 11) is 3.16. The second kappa shape index (κ2) is 11.4. The van der Waals surface area contributed by atoms with Crippen molar-refractivity contribution >= 4 is 5.97 Å². The summed E-state index contributed by atoms with van der Waals surface area (Å²) in [5, 5.41) is 0. The molecular formula is C32H36O6. The van der Waals surface area contributed by atoms with Crippen molar-refractivity contribution in [1.82, 2.24) is 0 Å². The highest BCUT2D eigenvalue weighted by Gasteiger charge is 2.48. The molecule has 0 saturated heterocycles. The summed E-state index contributed by atoms with van der Waals surface area (Å²) in [6.07, 6.45) is 3.95. The minimum Gasteiger partial charge on any atom is -0.497 e. The van der Waals surface area contributed by atoms with E-state index in [-0.39, 0.29) is 24.6 Å². The smallest absolute Gasteiger partial charge is 0.310 e. The lowest BCUT2D eigenvalue weighted by atomic mass is 9.78.